The topological polar surface area (TPSA) is 26.3 Å². The summed E-state index contributed by atoms with van der Waals surface area (Å²) in [6.45, 7) is -0.967. The van der Waals surface area contributed by atoms with Gasteiger partial charge in [-0.05, 0) is 12.8 Å². The Balaban J connectivity index is 3.81. The Labute approximate surface area is 93.5 Å². The molecule has 0 heterocycles. The third-order valence-electron chi connectivity index (χ3n) is 1.60. The fourth-order valence-electron chi connectivity index (χ4n) is 0.909. The molecule has 0 radical (unpaired) electrons. The zero-order valence-electron chi connectivity index (χ0n) is 12.9. The van der Waals surface area contributed by atoms with Crippen LogP contribution in [0, 0.1) is 0 Å². The van der Waals surface area contributed by atoms with E-state index in [2.05, 4.69) is 12.6 Å². The molecule has 0 aromatic rings. The summed E-state index contributed by atoms with van der Waals surface area (Å²) >= 11 is 4.28. The summed E-state index contributed by atoms with van der Waals surface area (Å²) in [5.74, 6) is -0.339. The SMILES string of the molecule is [2H]C([2H])([2H])C([2H])([2H])CCCC(S)CCOC(C)=O. The number of hydrogen-bond donors (Lipinski definition) is 1. The first-order chi connectivity index (χ1) is 8.06. The first-order valence-corrected chi connectivity index (χ1v) is 4.89. The van der Waals surface area contributed by atoms with Gasteiger partial charge in [0.05, 0.1) is 6.61 Å². The lowest BCUT2D eigenvalue weighted by Gasteiger charge is -2.09. The lowest BCUT2D eigenvalue weighted by molar-refractivity contribution is -0.141. The second-order valence-electron chi connectivity index (χ2n) is 2.85. The fraction of sp³-hybridized carbons (Fsp3) is 0.900. The van der Waals surface area contributed by atoms with Gasteiger partial charge in [0.15, 0.2) is 0 Å². The van der Waals surface area contributed by atoms with E-state index >= 15 is 0 Å². The zero-order valence-corrected chi connectivity index (χ0v) is 8.77. The molecule has 0 aromatic carbocycles. The van der Waals surface area contributed by atoms with Crippen molar-refractivity contribution in [3.05, 3.63) is 0 Å². The molecule has 0 saturated carbocycles. The van der Waals surface area contributed by atoms with Gasteiger partial charge < -0.3 is 4.74 Å². The third kappa shape index (κ3) is 9.74. The van der Waals surface area contributed by atoms with E-state index in [9.17, 15) is 4.79 Å². The van der Waals surface area contributed by atoms with Crippen molar-refractivity contribution < 1.29 is 16.4 Å². The molecule has 0 spiro atoms. The molecule has 2 nitrogen and oxygen atoms in total. The molecule has 0 saturated heterocycles. The van der Waals surface area contributed by atoms with Crippen LogP contribution in [-0.4, -0.2) is 17.8 Å². The molecule has 0 aliphatic rings. The maximum Gasteiger partial charge on any atom is 0.302 e. The van der Waals surface area contributed by atoms with E-state index < -0.39 is 13.2 Å². The average Bonchev–Trinajstić information content (AvgIpc) is 2.14. The van der Waals surface area contributed by atoms with Crippen molar-refractivity contribution in [2.24, 2.45) is 0 Å². The molecule has 0 bridgehead atoms. The standard InChI is InChI=1S/C10H20O2S/c1-3-4-5-6-10(13)7-8-12-9(2)11/h10,13H,3-8H2,1-2H3/i1D3,3D2. The fourth-order valence-corrected chi connectivity index (χ4v) is 1.20. The molecule has 0 N–H and O–H groups in total. The van der Waals surface area contributed by atoms with Crippen LogP contribution in [0.5, 0.6) is 0 Å². The van der Waals surface area contributed by atoms with Crippen molar-refractivity contribution in [2.45, 2.75) is 51.1 Å². The highest BCUT2D eigenvalue weighted by molar-refractivity contribution is 7.80. The summed E-state index contributed by atoms with van der Waals surface area (Å²) in [6, 6.07) is 0. The van der Waals surface area contributed by atoms with E-state index in [-0.39, 0.29) is 24.2 Å². The molecule has 3 heteroatoms. The normalized spacial score (nSPS) is 20.3. The van der Waals surface area contributed by atoms with Crippen LogP contribution in [0.25, 0.3) is 0 Å². The zero-order chi connectivity index (χ0) is 14.4. The molecule has 1 unspecified atom stereocenters. The highest BCUT2D eigenvalue weighted by Gasteiger charge is 2.03. The monoisotopic (exact) mass is 209 g/mol. The van der Waals surface area contributed by atoms with Gasteiger partial charge in [-0.15, -0.1) is 0 Å². The van der Waals surface area contributed by atoms with Crippen molar-refractivity contribution >= 4 is 18.6 Å². The van der Waals surface area contributed by atoms with Crippen LogP contribution < -0.4 is 0 Å². The van der Waals surface area contributed by atoms with Gasteiger partial charge >= 0.3 is 5.97 Å². The first-order valence-electron chi connectivity index (χ1n) is 6.88. The second kappa shape index (κ2) is 8.42. The van der Waals surface area contributed by atoms with Crippen LogP contribution in [0.3, 0.4) is 0 Å². The Morgan fingerprint density at radius 2 is 2.38 bits per heavy atom. The van der Waals surface area contributed by atoms with E-state index in [0.29, 0.717) is 19.3 Å². The van der Waals surface area contributed by atoms with Gasteiger partial charge in [0, 0.05) is 19.0 Å². The molecular formula is C10H20O2S. The van der Waals surface area contributed by atoms with E-state index in [1.54, 1.807) is 0 Å². The van der Waals surface area contributed by atoms with Crippen LogP contribution in [0.15, 0.2) is 0 Å². The molecule has 1 atom stereocenters. The summed E-state index contributed by atoms with van der Waals surface area (Å²) in [4.78, 5) is 10.5. The summed E-state index contributed by atoms with van der Waals surface area (Å²) in [7, 11) is 0. The molecule has 0 fully saturated rings. The quantitative estimate of drug-likeness (QED) is 0.515. The number of carbonyl (C=O) groups is 1. The van der Waals surface area contributed by atoms with Crippen molar-refractivity contribution in [2.75, 3.05) is 6.61 Å². The number of esters is 1. The Bertz CT molecular complexity index is 267. The van der Waals surface area contributed by atoms with Crippen LogP contribution in [-0.2, 0) is 9.53 Å². The van der Waals surface area contributed by atoms with E-state index in [1.807, 2.05) is 0 Å². The highest BCUT2D eigenvalue weighted by Crippen LogP contribution is 2.11. The number of rotatable bonds is 7. The molecule has 0 aliphatic heterocycles. The van der Waals surface area contributed by atoms with Crippen LogP contribution >= 0.6 is 12.6 Å². The first kappa shape index (κ1) is 6.33. The predicted octanol–water partition coefficient (Wildman–Crippen LogP) is 2.82. The Hall–Kier alpha value is -0.180. The van der Waals surface area contributed by atoms with E-state index in [1.165, 1.54) is 6.92 Å². The smallest absolute Gasteiger partial charge is 0.302 e. The maximum atomic E-state index is 10.5. The molecule has 78 valence electrons. The van der Waals surface area contributed by atoms with Gasteiger partial charge in [0.25, 0.3) is 0 Å². The van der Waals surface area contributed by atoms with Crippen molar-refractivity contribution in [1.29, 1.82) is 0 Å². The number of hydrogen-bond acceptors (Lipinski definition) is 3. The molecule has 0 aliphatic carbocycles. The summed E-state index contributed by atoms with van der Waals surface area (Å²) < 4.78 is 40.8. The third-order valence-corrected chi connectivity index (χ3v) is 2.11. The minimum atomic E-state index is -2.59. The van der Waals surface area contributed by atoms with Gasteiger partial charge in [-0.2, -0.15) is 12.6 Å². The molecule has 13 heavy (non-hydrogen) atoms. The van der Waals surface area contributed by atoms with Crippen LogP contribution in [0.4, 0.5) is 0 Å². The Morgan fingerprint density at radius 3 is 3.00 bits per heavy atom. The van der Waals surface area contributed by atoms with Gasteiger partial charge in [0.2, 0.25) is 0 Å². The van der Waals surface area contributed by atoms with Gasteiger partial charge in [-0.3, -0.25) is 4.79 Å². The predicted molar refractivity (Wildman–Crippen MR) is 58.2 cm³/mol. The Morgan fingerprint density at radius 1 is 1.62 bits per heavy atom. The van der Waals surface area contributed by atoms with Gasteiger partial charge in [0.1, 0.15) is 0 Å². The maximum absolute atomic E-state index is 10.5. The van der Waals surface area contributed by atoms with E-state index in [4.69, 9.17) is 11.6 Å². The second-order valence-corrected chi connectivity index (χ2v) is 3.58. The number of ether oxygens (including phenoxy) is 1. The largest absolute Gasteiger partial charge is 0.466 e. The summed E-state index contributed by atoms with van der Waals surface area (Å²) in [5, 5.41) is -0.0169. The minimum Gasteiger partial charge on any atom is -0.466 e. The highest BCUT2D eigenvalue weighted by atomic mass is 32.1. The van der Waals surface area contributed by atoms with Crippen LogP contribution in [0.1, 0.15) is 52.7 Å². The van der Waals surface area contributed by atoms with Crippen LogP contribution in [0.2, 0.25) is 0 Å². The lowest BCUT2D eigenvalue weighted by Crippen LogP contribution is -2.07. The van der Waals surface area contributed by atoms with Crippen molar-refractivity contribution in [1.82, 2.24) is 0 Å². The van der Waals surface area contributed by atoms with Gasteiger partial charge in [-0.25, -0.2) is 0 Å². The number of carbonyl (C=O) groups excluding carboxylic acids is 1. The number of thiol groups is 1. The van der Waals surface area contributed by atoms with E-state index in [0.717, 1.165) is 0 Å². The minimum absolute atomic E-state index is 0.0169. The molecular weight excluding hydrogens is 184 g/mol. The lowest BCUT2D eigenvalue weighted by atomic mass is 10.1. The molecule has 0 aromatic heterocycles. The average molecular weight is 209 g/mol. The molecule has 0 amide bonds. The van der Waals surface area contributed by atoms with Crippen molar-refractivity contribution in [3.63, 3.8) is 0 Å². The summed E-state index contributed by atoms with van der Waals surface area (Å²) in [5.41, 5.74) is 0. The van der Waals surface area contributed by atoms with Gasteiger partial charge in [-0.1, -0.05) is 26.1 Å². The molecule has 0 rings (SSSR count). The van der Waals surface area contributed by atoms with Crippen molar-refractivity contribution in [3.8, 4) is 0 Å². The summed E-state index contributed by atoms with van der Waals surface area (Å²) in [6.07, 6.45) is -0.552. The Kier molecular flexibility index (Phi) is 4.10.